The van der Waals surface area contributed by atoms with Gasteiger partial charge in [-0.05, 0) is 30.8 Å². The van der Waals surface area contributed by atoms with Gasteiger partial charge in [0.1, 0.15) is 11.6 Å². The molecule has 1 fully saturated rings. The van der Waals surface area contributed by atoms with E-state index in [-0.39, 0.29) is 11.6 Å². The topological polar surface area (TPSA) is 49.8 Å². The Hall–Kier alpha value is -1.18. The summed E-state index contributed by atoms with van der Waals surface area (Å²) in [4.78, 5) is 7.04. The second-order valence-electron chi connectivity index (χ2n) is 4.60. The van der Waals surface area contributed by atoms with Crippen molar-refractivity contribution >= 4 is 23.4 Å². The molecule has 1 aliphatic rings. The summed E-state index contributed by atoms with van der Waals surface area (Å²) in [6.07, 6.45) is -3.44. The van der Waals surface area contributed by atoms with E-state index < -0.39 is 12.0 Å². The van der Waals surface area contributed by atoms with E-state index in [4.69, 9.17) is 0 Å². The quantitative estimate of drug-likeness (QED) is 0.875. The Labute approximate surface area is 120 Å². The predicted molar refractivity (Wildman–Crippen MR) is 75.1 cm³/mol. The summed E-state index contributed by atoms with van der Waals surface area (Å²) >= 11 is 1.87. The summed E-state index contributed by atoms with van der Waals surface area (Å²) in [6, 6.07) is 1.51. The Morgan fingerprint density at radius 2 is 2.00 bits per heavy atom. The smallest absolute Gasteiger partial charge is 0.370 e. The number of halogens is 3. The summed E-state index contributed by atoms with van der Waals surface area (Å²) in [5.41, 5.74) is 0. The van der Waals surface area contributed by atoms with Crippen LogP contribution in [0.3, 0.4) is 0 Å². The number of alkyl halides is 3. The summed E-state index contributed by atoms with van der Waals surface area (Å²) in [5, 5.41) is 5.79. The van der Waals surface area contributed by atoms with Gasteiger partial charge < -0.3 is 10.6 Å². The number of nitrogens with one attached hydrogen (secondary N) is 2. The highest BCUT2D eigenvalue weighted by atomic mass is 32.2. The van der Waals surface area contributed by atoms with Gasteiger partial charge in [0.15, 0.2) is 0 Å². The highest BCUT2D eigenvalue weighted by molar-refractivity contribution is 7.99. The molecule has 0 amide bonds. The van der Waals surface area contributed by atoms with Crippen molar-refractivity contribution in [3.8, 4) is 0 Å². The number of rotatable bonds is 5. The van der Waals surface area contributed by atoms with E-state index in [9.17, 15) is 13.2 Å². The van der Waals surface area contributed by atoms with Crippen molar-refractivity contribution in [1.82, 2.24) is 9.97 Å². The lowest BCUT2D eigenvalue weighted by Crippen LogP contribution is -2.18. The average Bonchev–Trinajstić information content (AvgIpc) is 2.88. The van der Waals surface area contributed by atoms with Gasteiger partial charge >= 0.3 is 6.18 Å². The number of anilines is 2. The van der Waals surface area contributed by atoms with Gasteiger partial charge in [0.25, 0.3) is 0 Å². The monoisotopic (exact) mass is 306 g/mol. The van der Waals surface area contributed by atoms with Gasteiger partial charge in [0.05, 0.1) is 0 Å². The van der Waals surface area contributed by atoms with Crippen LogP contribution < -0.4 is 10.6 Å². The Balaban J connectivity index is 2.11. The molecule has 1 atom stereocenters. The molecule has 1 aromatic heterocycles. The Kier molecular flexibility index (Phi) is 4.95. The first-order valence-corrected chi connectivity index (χ1v) is 7.66. The second kappa shape index (κ2) is 6.51. The molecule has 1 aliphatic heterocycles. The summed E-state index contributed by atoms with van der Waals surface area (Å²) in [7, 11) is 0. The average molecular weight is 306 g/mol. The third kappa shape index (κ3) is 4.16. The van der Waals surface area contributed by atoms with E-state index in [2.05, 4.69) is 20.6 Å². The van der Waals surface area contributed by atoms with Crippen LogP contribution in [0.15, 0.2) is 6.07 Å². The molecule has 112 valence electrons. The molecule has 2 N–H and O–H groups in total. The van der Waals surface area contributed by atoms with Gasteiger partial charge in [-0.2, -0.15) is 24.9 Å². The maximum Gasteiger partial charge on any atom is 0.451 e. The van der Waals surface area contributed by atoms with Gasteiger partial charge in [-0.3, -0.25) is 0 Å². The van der Waals surface area contributed by atoms with Crippen molar-refractivity contribution in [1.29, 1.82) is 0 Å². The molecular weight excluding hydrogens is 289 g/mol. The lowest BCUT2D eigenvalue weighted by Gasteiger charge is -2.14. The number of thioether (sulfide) groups is 1. The molecule has 0 saturated carbocycles. The van der Waals surface area contributed by atoms with E-state index in [1.807, 2.05) is 11.8 Å². The maximum absolute atomic E-state index is 12.7. The second-order valence-corrected chi connectivity index (χ2v) is 5.75. The van der Waals surface area contributed by atoms with Crippen molar-refractivity contribution in [2.45, 2.75) is 19.5 Å². The maximum atomic E-state index is 12.7. The van der Waals surface area contributed by atoms with E-state index >= 15 is 0 Å². The third-order valence-corrected chi connectivity index (χ3v) is 4.16. The molecule has 0 aromatic carbocycles. The minimum Gasteiger partial charge on any atom is -0.370 e. The minimum absolute atomic E-state index is 0.193. The molecule has 2 heterocycles. The number of aromatic nitrogens is 2. The number of nitrogens with zero attached hydrogens (tertiary/aromatic N) is 2. The zero-order valence-electron chi connectivity index (χ0n) is 11.1. The van der Waals surface area contributed by atoms with Gasteiger partial charge in [-0.25, -0.2) is 9.97 Å². The molecule has 2 rings (SSSR count). The molecule has 1 unspecified atom stereocenters. The fourth-order valence-electron chi connectivity index (χ4n) is 1.93. The summed E-state index contributed by atoms with van der Waals surface area (Å²) in [6.45, 7) is 2.96. The molecule has 20 heavy (non-hydrogen) atoms. The van der Waals surface area contributed by atoms with E-state index in [1.54, 1.807) is 6.92 Å². The van der Waals surface area contributed by atoms with Crippen LogP contribution in [0.1, 0.15) is 19.2 Å². The normalized spacial score (nSPS) is 19.1. The summed E-state index contributed by atoms with van der Waals surface area (Å²) in [5.74, 6) is 1.96. The van der Waals surface area contributed by atoms with Crippen molar-refractivity contribution in [3.63, 3.8) is 0 Å². The van der Waals surface area contributed by atoms with E-state index in [0.717, 1.165) is 17.9 Å². The minimum atomic E-state index is -4.54. The van der Waals surface area contributed by atoms with Crippen LogP contribution in [0.2, 0.25) is 0 Å². The van der Waals surface area contributed by atoms with Crippen LogP contribution in [0.25, 0.3) is 0 Å². The molecule has 0 aliphatic carbocycles. The fourth-order valence-corrected chi connectivity index (χ4v) is 3.21. The highest BCUT2D eigenvalue weighted by Gasteiger charge is 2.35. The largest absolute Gasteiger partial charge is 0.451 e. The van der Waals surface area contributed by atoms with Crippen molar-refractivity contribution in [2.24, 2.45) is 5.92 Å². The van der Waals surface area contributed by atoms with Crippen LogP contribution in [-0.4, -0.2) is 34.6 Å². The zero-order chi connectivity index (χ0) is 14.6. The first-order valence-electron chi connectivity index (χ1n) is 6.51. The Morgan fingerprint density at radius 1 is 1.30 bits per heavy atom. The Morgan fingerprint density at radius 3 is 2.55 bits per heavy atom. The zero-order valence-corrected chi connectivity index (χ0v) is 11.9. The molecule has 0 radical (unpaired) electrons. The van der Waals surface area contributed by atoms with E-state index in [0.29, 0.717) is 19.0 Å². The molecule has 8 heteroatoms. The summed E-state index contributed by atoms with van der Waals surface area (Å²) < 4.78 is 38.2. The van der Waals surface area contributed by atoms with Crippen LogP contribution >= 0.6 is 11.8 Å². The van der Waals surface area contributed by atoms with Crippen molar-refractivity contribution < 1.29 is 13.2 Å². The SMILES string of the molecule is CCNc1cc(NCC2CCSC2)nc(C(F)(F)F)n1. The molecule has 1 saturated heterocycles. The molecule has 1 aromatic rings. The first kappa shape index (κ1) is 15.2. The molecule has 0 spiro atoms. The van der Waals surface area contributed by atoms with Gasteiger partial charge in [-0.15, -0.1) is 0 Å². The van der Waals surface area contributed by atoms with Crippen LogP contribution in [-0.2, 0) is 6.18 Å². The standard InChI is InChI=1S/C12H17F3N4S/c1-2-16-9-5-10(17-6-8-3-4-20-7-8)19-11(18-9)12(13,14)15/h5,8H,2-4,6-7H2,1H3,(H2,16,17,18,19). The van der Waals surface area contributed by atoms with Gasteiger partial charge in [0.2, 0.25) is 5.82 Å². The molecule has 4 nitrogen and oxygen atoms in total. The molecular formula is C12H17F3N4S. The van der Waals surface area contributed by atoms with Gasteiger partial charge in [-0.1, -0.05) is 0 Å². The van der Waals surface area contributed by atoms with Crippen LogP contribution in [0.5, 0.6) is 0 Å². The number of hydrogen-bond acceptors (Lipinski definition) is 5. The predicted octanol–water partition coefficient (Wildman–Crippen LogP) is 3.09. The highest BCUT2D eigenvalue weighted by Crippen LogP contribution is 2.29. The molecule has 0 bridgehead atoms. The van der Waals surface area contributed by atoms with Crippen molar-refractivity contribution in [3.05, 3.63) is 11.9 Å². The Bertz CT molecular complexity index is 447. The third-order valence-electron chi connectivity index (χ3n) is 2.93. The number of hydrogen-bond donors (Lipinski definition) is 2. The van der Waals surface area contributed by atoms with Gasteiger partial charge in [0, 0.05) is 19.2 Å². The van der Waals surface area contributed by atoms with Crippen LogP contribution in [0, 0.1) is 5.92 Å². The lowest BCUT2D eigenvalue weighted by atomic mass is 10.1. The fraction of sp³-hybridized carbons (Fsp3) is 0.667. The van der Waals surface area contributed by atoms with Crippen molar-refractivity contribution in [2.75, 3.05) is 35.2 Å². The lowest BCUT2D eigenvalue weighted by molar-refractivity contribution is -0.144. The van der Waals surface area contributed by atoms with E-state index in [1.165, 1.54) is 6.07 Å². The van der Waals surface area contributed by atoms with Crippen LogP contribution in [0.4, 0.5) is 24.8 Å². The first-order chi connectivity index (χ1) is 9.49.